The zero-order valence-corrected chi connectivity index (χ0v) is 21.8. The van der Waals surface area contributed by atoms with Crippen LogP contribution in [0.5, 0.6) is 0 Å². The summed E-state index contributed by atoms with van der Waals surface area (Å²) >= 11 is 0. The summed E-state index contributed by atoms with van der Waals surface area (Å²) in [6.07, 6.45) is 1.13. The fourth-order valence-corrected chi connectivity index (χ4v) is 4.88. The largest absolute Gasteiger partial charge is 0.497 e. The topological polar surface area (TPSA) is 74.6 Å². The van der Waals surface area contributed by atoms with E-state index in [9.17, 15) is 18.8 Å². The molecule has 2 heterocycles. The number of hydrogen-bond acceptors (Lipinski definition) is 5. The number of aromatic nitrogens is 1. The lowest BCUT2D eigenvalue weighted by atomic mass is 9.78. The van der Waals surface area contributed by atoms with Gasteiger partial charge in [-0.1, -0.05) is 12.1 Å². The van der Waals surface area contributed by atoms with Gasteiger partial charge >= 0.3 is 7.12 Å². The number of hydrogen-bond donors (Lipinski definition) is 0. The summed E-state index contributed by atoms with van der Waals surface area (Å²) in [5, 5.41) is 0. The second kappa shape index (κ2) is 9.40. The van der Waals surface area contributed by atoms with E-state index < -0.39 is 41.3 Å². The van der Waals surface area contributed by atoms with Gasteiger partial charge in [-0.3, -0.25) is 19.0 Å². The zero-order chi connectivity index (χ0) is 27.4. The molecule has 0 unspecified atom stereocenters. The first-order valence-electron chi connectivity index (χ1n) is 12.6. The lowest BCUT2D eigenvalue weighted by Gasteiger charge is -2.32. The first-order chi connectivity index (χ1) is 17.9. The van der Waals surface area contributed by atoms with Gasteiger partial charge in [-0.2, -0.15) is 0 Å². The van der Waals surface area contributed by atoms with Crippen molar-refractivity contribution in [2.75, 3.05) is 0 Å². The van der Waals surface area contributed by atoms with E-state index in [1.54, 1.807) is 6.07 Å². The van der Waals surface area contributed by atoms with Gasteiger partial charge in [0.05, 0.1) is 16.8 Å². The van der Waals surface area contributed by atoms with Crippen molar-refractivity contribution in [1.82, 2.24) is 4.57 Å². The fraction of sp³-hybridized carbons (Fsp3) is 0.345. The zero-order valence-electron chi connectivity index (χ0n) is 21.8. The summed E-state index contributed by atoms with van der Waals surface area (Å²) in [7, 11) is -0.890. The van der Waals surface area contributed by atoms with Crippen molar-refractivity contribution >= 4 is 24.1 Å². The van der Waals surface area contributed by atoms with E-state index in [1.807, 2.05) is 27.7 Å². The van der Waals surface area contributed by atoms with E-state index in [0.717, 1.165) is 0 Å². The molecule has 1 aliphatic carbocycles. The molecule has 38 heavy (non-hydrogen) atoms. The maximum atomic E-state index is 15.1. The Labute approximate surface area is 219 Å². The minimum atomic E-state index is -0.890. The Morgan fingerprint density at radius 2 is 1.61 bits per heavy atom. The van der Waals surface area contributed by atoms with E-state index in [1.165, 1.54) is 47.0 Å². The number of carbonyl (C=O) groups excluding carboxylic acids is 2. The van der Waals surface area contributed by atoms with Crippen LogP contribution in [-0.4, -0.2) is 34.5 Å². The normalized spacial score (nSPS) is 17.9. The van der Waals surface area contributed by atoms with Crippen LogP contribution in [0, 0.1) is 11.6 Å². The molecule has 1 saturated heterocycles. The van der Waals surface area contributed by atoms with Crippen LogP contribution in [0.15, 0.2) is 53.3 Å². The average molecular weight is 519 g/mol. The van der Waals surface area contributed by atoms with E-state index in [4.69, 9.17) is 9.31 Å². The Kier molecular flexibility index (Phi) is 6.48. The highest BCUT2D eigenvalue weighted by atomic mass is 19.1. The van der Waals surface area contributed by atoms with E-state index in [-0.39, 0.29) is 23.2 Å². The van der Waals surface area contributed by atoms with Gasteiger partial charge in [0, 0.05) is 35.2 Å². The molecule has 0 spiro atoms. The van der Waals surface area contributed by atoms with Crippen molar-refractivity contribution < 1.29 is 27.7 Å². The number of rotatable bonds is 5. The van der Waals surface area contributed by atoms with Crippen molar-refractivity contribution in [2.24, 2.45) is 0 Å². The number of benzene rings is 2. The number of fused-ring (bicyclic) bond motifs is 1. The van der Waals surface area contributed by atoms with Gasteiger partial charge < -0.3 is 9.31 Å². The Hall–Kier alpha value is -3.43. The summed E-state index contributed by atoms with van der Waals surface area (Å²) in [5.41, 5.74) is -0.251. The second-order valence-corrected chi connectivity index (χ2v) is 10.9. The molecule has 1 aliphatic heterocycles. The Balaban J connectivity index is 1.48. The van der Waals surface area contributed by atoms with Crippen molar-refractivity contribution in [3.8, 4) is 5.69 Å². The van der Waals surface area contributed by atoms with E-state index in [2.05, 4.69) is 0 Å². The Bertz CT molecular complexity index is 1490. The molecule has 9 heteroatoms. The molecule has 196 valence electrons. The molecule has 5 rings (SSSR count). The number of nitrogens with zero attached hydrogens (tertiary/aromatic N) is 1. The highest BCUT2D eigenvalue weighted by Gasteiger charge is 2.52. The SMILES string of the molecule is CC1(C)OB(c2ccc(CC(=O)c3cc4c(n(-c5ccc(F)cc5)c3=O)CCCC4=O)cc2F)OC1(C)C. The molecule has 6 nitrogen and oxygen atoms in total. The quantitative estimate of drug-likeness (QED) is 0.370. The first-order valence-corrected chi connectivity index (χ1v) is 12.6. The van der Waals surface area contributed by atoms with E-state index >= 15 is 4.39 Å². The number of pyridine rings is 1. The van der Waals surface area contributed by atoms with Gasteiger partial charge in [-0.05, 0) is 82.5 Å². The predicted molar refractivity (Wildman–Crippen MR) is 139 cm³/mol. The predicted octanol–water partition coefficient (Wildman–Crippen LogP) is 4.36. The molecule has 0 N–H and O–H groups in total. The van der Waals surface area contributed by atoms with Gasteiger partial charge in [-0.25, -0.2) is 8.78 Å². The number of ketones is 2. The number of carbonyl (C=O) groups is 2. The van der Waals surface area contributed by atoms with Crippen LogP contribution >= 0.6 is 0 Å². The highest BCUT2D eigenvalue weighted by molar-refractivity contribution is 6.62. The van der Waals surface area contributed by atoms with Gasteiger partial charge in [0.15, 0.2) is 11.6 Å². The van der Waals surface area contributed by atoms with Gasteiger partial charge in [0.2, 0.25) is 0 Å². The smallest absolute Gasteiger partial charge is 0.399 e. The lowest BCUT2D eigenvalue weighted by Crippen LogP contribution is -2.41. The Morgan fingerprint density at radius 3 is 2.24 bits per heavy atom. The molecular formula is C29H28BF2NO5. The standard InChI is InChI=1S/C29H28BF2NO5/c1-28(2)29(3,4)38-30(37-28)22-13-8-17(14-23(22)32)15-26(35)21-16-20-24(6-5-7-25(20)34)33(27(21)36)19-11-9-18(31)10-12-19/h8-14,16H,5-7,15H2,1-4H3. The summed E-state index contributed by atoms with van der Waals surface area (Å²) in [5.74, 6) is -1.76. The molecule has 0 atom stereocenters. The number of halogens is 2. The number of Topliss-reactive ketones (excluding diaryl/α,β-unsaturated/α-hetero) is 2. The van der Waals surface area contributed by atoms with Crippen LogP contribution < -0.4 is 11.0 Å². The van der Waals surface area contributed by atoms with E-state index in [0.29, 0.717) is 41.8 Å². The molecule has 0 bridgehead atoms. The van der Waals surface area contributed by atoms with Crippen LogP contribution in [0.2, 0.25) is 0 Å². The molecule has 0 radical (unpaired) electrons. The third-order valence-corrected chi connectivity index (χ3v) is 7.74. The van der Waals surface area contributed by atoms with Gasteiger partial charge in [0.1, 0.15) is 11.6 Å². The van der Waals surface area contributed by atoms with Crippen LogP contribution in [0.4, 0.5) is 8.78 Å². The van der Waals surface area contributed by atoms with Crippen molar-refractivity contribution in [3.63, 3.8) is 0 Å². The molecule has 3 aromatic rings. The van der Waals surface area contributed by atoms with Crippen LogP contribution in [-0.2, 0) is 22.2 Å². The third-order valence-electron chi connectivity index (χ3n) is 7.74. The first kappa shape index (κ1) is 26.2. The molecule has 1 fully saturated rings. The second-order valence-electron chi connectivity index (χ2n) is 10.9. The summed E-state index contributed by atoms with van der Waals surface area (Å²) in [4.78, 5) is 39.5. The fourth-order valence-electron chi connectivity index (χ4n) is 4.88. The average Bonchev–Trinajstić information content (AvgIpc) is 3.06. The van der Waals surface area contributed by atoms with Crippen molar-refractivity contribution in [1.29, 1.82) is 0 Å². The molecule has 2 aliphatic rings. The lowest BCUT2D eigenvalue weighted by molar-refractivity contribution is 0.00578. The van der Waals surface area contributed by atoms with Crippen LogP contribution in [0.25, 0.3) is 5.69 Å². The molecule has 2 aromatic carbocycles. The molecule has 1 aromatic heterocycles. The minimum Gasteiger partial charge on any atom is -0.399 e. The van der Waals surface area contributed by atoms with Crippen molar-refractivity contribution in [3.05, 3.63) is 92.9 Å². The molecular weight excluding hydrogens is 491 g/mol. The molecule has 0 amide bonds. The van der Waals surface area contributed by atoms with Crippen molar-refractivity contribution in [2.45, 2.75) is 64.6 Å². The molecule has 0 saturated carbocycles. The van der Waals surface area contributed by atoms with Gasteiger partial charge in [-0.15, -0.1) is 0 Å². The minimum absolute atomic E-state index is 0.158. The summed E-state index contributed by atoms with van der Waals surface area (Å²) in [6, 6.07) is 11.0. The Morgan fingerprint density at radius 1 is 0.947 bits per heavy atom. The summed E-state index contributed by atoms with van der Waals surface area (Å²) in [6.45, 7) is 7.50. The maximum Gasteiger partial charge on any atom is 0.497 e. The van der Waals surface area contributed by atoms with Crippen LogP contribution in [0.1, 0.15) is 72.5 Å². The third kappa shape index (κ3) is 4.54. The van der Waals surface area contributed by atoms with Crippen LogP contribution in [0.3, 0.4) is 0 Å². The summed E-state index contributed by atoms with van der Waals surface area (Å²) < 4.78 is 41.9. The van der Waals surface area contributed by atoms with Gasteiger partial charge in [0.25, 0.3) is 5.56 Å². The highest BCUT2D eigenvalue weighted by Crippen LogP contribution is 2.36. The monoisotopic (exact) mass is 519 g/mol. The maximum absolute atomic E-state index is 15.1.